The molecule has 0 aliphatic carbocycles. The van der Waals surface area contributed by atoms with Crippen molar-refractivity contribution in [3.63, 3.8) is 0 Å². The van der Waals surface area contributed by atoms with E-state index in [4.69, 9.17) is 19.4 Å². The number of morpholine rings is 1. The first-order valence-corrected chi connectivity index (χ1v) is 15.5. The summed E-state index contributed by atoms with van der Waals surface area (Å²) in [5.74, 6) is 0.862. The molecule has 2 saturated heterocycles. The van der Waals surface area contributed by atoms with Crippen LogP contribution in [0.2, 0.25) is 0 Å². The van der Waals surface area contributed by atoms with Crippen molar-refractivity contribution in [3.05, 3.63) is 66.4 Å². The van der Waals surface area contributed by atoms with Crippen LogP contribution in [0.15, 0.2) is 55.1 Å². The molecule has 10 nitrogen and oxygen atoms in total. The van der Waals surface area contributed by atoms with E-state index >= 15 is 0 Å². The quantitative estimate of drug-likeness (QED) is 0.388. The standard InChI is InChI=1S/C34H43N7O3/c1-5-31(42)41-18-17-40(19-25(41)13-15-35)32-28-14-16-39(30-12-8-10-24-9-6-7-11-27(24)30)21-29(28)36-33(37-32)43-22-26-20-38(4)34(2,3)23-44-26/h5-12,25-26,31,42H,1,13-14,16-23H2,2-4H3/t25-,26+,31?/m0/s1. The van der Waals surface area contributed by atoms with Crippen LogP contribution in [-0.2, 0) is 17.7 Å². The maximum absolute atomic E-state index is 10.5. The van der Waals surface area contributed by atoms with Gasteiger partial charge in [-0.15, -0.1) is 0 Å². The summed E-state index contributed by atoms with van der Waals surface area (Å²) < 4.78 is 12.4. The number of piperazine rings is 1. The van der Waals surface area contributed by atoms with Crippen LogP contribution in [0, 0.1) is 11.3 Å². The second-order valence-corrected chi connectivity index (χ2v) is 12.7. The van der Waals surface area contributed by atoms with Crippen molar-refractivity contribution in [2.24, 2.45) is 0 Å². The van der Waals surface area contributed by atoms with Crippen LogP contribution < -0.4 is 14.5 Å². The third kappa shape index (κ3) is 6.10. The molecule has 3 aromatic rings. The van der Waals surface area contributed by atoms with Crippen molar-refractivity contribution in [2.45, 2.75) is 57.1 Å². The average molecular weight is 598 g/mol. The van der Waals surface area contributed by atoms with Gasteiger partial charge in [0.25, 0.3) is 0 Å². The number of aliphatic hydroxyl groups excluding tert-OH is 1. The highest BCUT2D eigenvalue weighted by Crippen LogP contribution is 2.35. The Morgan fingerprint density at radius 2 is 1.95 bits per heavy atom. The predicted octanol–water partition coefficient (Wildman–Crippen LogP) is 3.59. The Hall–Kier alpha value is -3.75. The number of ether oxygens (including phenoxy) is 2. The summed E-state index contributed by atoms with van der Waals surface area (Å²) in [6.45, 7) is 13.2. The molecule has 4 heterocycles. The Labute approximate surface area is 260 Å². The molecule has 0 spiro atoms. The number of fused-ring (bicyclic) bond motifs is 2. The van der Waals surface area contributed by atoms with Crippen LogP contribution in [0.5, 0.6) is 6.01 Å². The molecule has 10 heteroatoms. The molecule has 0 amide bonds. The fourth-order valence-corrected chi connectivity index (χ4v) is 6.54. The molecule has 1 N–H and O–H groups in total. The van der Waals surface area contributed by atoms with Gasteiger partial charge in [-0.3, -0.25) is 9.80 Å². The summed E-state index contributed by atoms with van der Waals surface area (Å²) in [6, 6.07) is 17.4. The van der Waals surface area contributed by atoms with Gasteiger partial charge in [-0.1, -0.05) is 43.0 Å². The van der Waals surface area contributed by atoms with Crippen molar-refractivity contribution in [3.8, 4) is 12.1 Å². The lowest BCUT2D eigenvalue weighted by molar-refractivity contribution is -0.101. The molecule has 0 radical (unpaired) electrons. The van der Waals surface area contributed by atoms with Crippen LogP contribution in [0.25, 0.3) is 10.8 Å². The highest BCUT2D eigenvalue weighted by Gasteiger charge is 2.35. The van der Waals surface area contributed by atoms with E-state index in [0.29, 0.717) is 51.8 Å². The molecular weight excluding hydrogens is 554 g/mol. The van der Waals surface area contributed by atoms with E-state index in [2.05, 4.69) is 90.7 Å². The molecule has 3 aliphatic rings. The van der Waals surface area contributed by atoms with Gasteiger partial charge in [0.15, 0.2) is 0 Å². The van der Waals surface area contributed by atoms with Gasteiger partial charge in [0.05, 0.1) is 31.3 Å². The molecule has 232 valence electrons. The van der Waals surface area contributed by atoms with Crippen LogP contribution in [0.1, 0.15) is 31.5 Å². The van der Waals surface area contributed by atoms with Crippen molar-refractivity contribution >= 4 is 22.3 Å². The van der Waals surface area contributed by atoms with Crippen molar-refractivity contribution in [1.29, 1.82) is 5.26 Å². The van der Waals surface area contributed by atoms with E-state index in [1.807, 2.05) is 4.90 Å². The lowest BCUT2D eigenvalue weighted by atomic mass is 10.0. The third-order valence-electron chi connectivity index (χ3n) is 9.42. The Morgan fingerprint density at radius 1 is 1.14 bits per heavy atom. The topological polar surface area (TPSA) is 101 Å². The third-order valence-corrected chi connectivity index (χ3v) is 9.42. The maximum Gasteiger partial charge on any atom is 0.318 e. The molecule has 44 heavy (non-hydrogen) atoms. The second kappa shape index (κ2) is 12.7. The summed E-state index contributed by atoms with van der Waals surface area (Å²) in [5, 5.41) is 22.6. The minimum absolute atomic E-state index is 0.0155. The zero-order chi connectivity index (χ0) is 30.8. The van der Waals surface area contributed by atoms with E-state index < -0.39 is 6.23 Å². The van der Waals surface area contributed by atoms with Gasteiger partial charge in [0.1, 0.15) is 24.8 Å². The average Bonchev–Trinajstić information content (AvgIpc) is 3.04. The minimum Gasteiger partial charge on any atom is -0.461 e. The Bertz CT molecular complexity index is 1530. The van der Waals surface area contributed by atoms with E-state index in [1.54, 1.807) is 0 Å². The molecule has 3 aliphatic heterocycles. The Balaban J connectivity index is 1.30. The van der Waals surface area contributed by atoms with Gasteiger partial charge in [0.2, 0.25) is 0 Å². The molecule has 3 atom stereocenters. The first-order valence-electron chi connectivity index (χ1n) is 15.5. The number of likely N-dealkylation sites (N-methyl/N-ethyl adjacent to an activating group) is 1. The molecule has 0 saturated carbocycles. The summed E-state index contributed by atoms with van der Waals surface area (Å²) >= 11 is 0. The Kier molecular flexibility index (Phi) is 8.74. The van der Waals surface area contributed by atoms with E-state index in [1.165, 1.54) is 22.5 Å². The normalized spacial score (nSPS) is 23.2. The van der Waals surface area contributed by atoms with E-state index in [9.17, 15) is 10.4 Å². The number of nitrogens with zero attached hydrogens (tertiary/aromatic N) is 7. The fourth-order valence-electron chi connectivity index (χ4n) is 6.54. The van der Waals surface area contributed by atoms with Crippen molar-refractivity contribution < 1.29 is 14.6 Å². The minimum atomic E-state index is -0.790. The van der Waals surface area contributed by atoms with Crippen LogP contribution in [0.3, 0.4) is 0 Å². The molecule has 1 unspecified atom stereocenters. The van der Waals surface area contributed by atoms with Gasteiger partial charge in [0, 0.05) is 60.9 Å². The first kappa shape index (κ1) is 30.3. The first-order chi connectivity index (χ1) is 21.3. The van der Waals surface area contributed by atoms with E-state index in [0.717, 1.165) is 36.6 Å². The highest BCUT2D eigenvalue weighted by atomic mass is 16.5. The number of hydrogen-bond acceptors (Lipinski definition) is 10. The smallest absolute Gasteiger partial charge is 0.318 e. The number of nitriles is 1. The number of aromatic nitrogens is 2. The molecule has 2 fully saturated rings. The van der Waals surface area contributed by atoms with Crippen molar-refractivity contribution in [1.82, 2.24) is 19.8 Å². The summed E-state index contributed by atoms with van der Waals surface area (Å²) in [7, 11) is 2.12. The number of anilines is 2. The summed E-state index contributed by atoms with van der Waals surface area (Å²) in [4.78, 5) is 18.9. The number of hydrogen-bond donors (Lipinski definition) is 1. The molecule has 6 rings (SSSR count). The number of aliphatic hydroxyl groups is 1. The van der Waals surface area contributed by atoms with Crippen LogP contribution in [0.4, 0.5) is 11.5 Å². The number of rotatable bonds is 8. The number of benzene rings is 2. The highest BCUT2D eigenvalue weighted by molar-refractivity contribution is 5.94. The largest absolute Gasteiger partial charge is 0.461 e. The zero-order valence-electron chi connectivity index (χ0n) is 26.0. The van der Waals surface area contributed by atoms with Gasteiger partial charge < -0.3 is 24.4 Å². The SMILES string of the molecule is C=CC(O)N1CCN(c2nc(OC[C@H]3CN(C)C(C)(C)CO3)nc3c2CCN(c2cccc4ccccc24)C3)C[C@@H]1CC#N. The predicted molar refractivity (Wildman–Crippen MR) is 172 cm³/mol. The van der Waals surface area contributed by atoms with Gasteiger partial charge >= 0.3 is 6.01 Å². The molecule has 2 aromatic carbocycles. The van der Waals surface area contributed by atoms with Crippen LogP contribution >= 0.6 is 0 Å². The van der Waals surface area contributed by atoms with E-state index in [-0.39, 0.29) is 17.7 Å². The van der Waals surface area contributed by atoms with Gasteiger partial charge in [-0.25, -0.2) is 0 Å². The summed E-state index contributed by atoms with van der Waals surface area (Å²) in [5.41, 5.74) is 3.26. The van der Waals surface area contributed by atoms with Gasteiger partial charge in [-0.2, -0.15) is 15.2 Å². The Morgan fingerprint density at radius 3 is 2.75 bits per heavy atom. The monoisotopic (exact) mass is 597 g/mol. The zero-order valence-corrected chi connectivity index (χ0v) is 26.0. The van der Waals surface area contributed by atoms with Gasteiger partial charge in [-0.05, 0) is 44.8 Å². The second-order valence-electron chi connectivity index (χ2n) is 12.7. The lowest BCUT2D eigenvalue weighted by Crippen LogP contribution is -2.56. The fraction of sp³-hybridized carbons (Fsp3) is 0.500. The lowest BCUT2D eigenvalue weighted by Gasteiger charge is -2.43. The van der Waals surface area contributed by atoms with Crippen molar-refractivity contribution in [2.75, 3.05) is 62.8 Å². The molecule has 1 aromatic heterocycles. The maximum atomic E-state index is 10.5. The molecule has 0 bridgehead atoms. The summed E-state index contributed by atoms with van der Waals surface area (Å²) in [6.07, 6.45) is 1.74. The van der Waals surface area contributed by atoms with Crippen LogP contribution in [-0.4, -0.2) is 102 Å². The molecular formula is C34H43N7O3.